The molecule has 0 saturated heterocycles. The molecule has 0 aliphatic carbocycles. The van der Waals surface area contributed by atoms with Crippen LogP contribution in [0.15, 0.2) is 23.1 Å². The van der Waals surface area contributed by atoms with E-state index in [2.05, 4.69) is 47.4 Å². The van der Waals surface area contributed by atoms with Crippen LogP contribution in [0.2, 0.25) is 0 Å². The maximum Gasteiger partial charge on any atom is 0.134 e. The third-order valence-corrected chi connectivity index (χ3v) is 4.42. The quantitative estimate of drug-likeness (QED) is 0.639. The number of hydrogen-bond donors (Lipinski definition) is 1. The summed E-state index contributed by atoms with van der Waals surface area (Å²) in [6.45, 7) is 2.66. The van der Waals surface area contributed by atoms with Crippen LogP contribution in [0.25, 0.3) is 10.1 Å². The van der Waals surface area contributed by atoms with Crippen LogP contribution in [-0.4, -0.2) is 6.61 Å². The number of thiophene rings is 1. The van der Waals surface area contributed by atoms with Gasteiger partial charge in [-0.25, -0.2) is 0 Å². The Morgan fingerprint density at radius 3 is 3.00 bits per heavy atom. The van der Waals surface area contributed by atoms with Gasteiger partial charge in [-0.15, -0.1) is 24.0 Å². The molecule has 0 atom stereocenters. The van der Waals surface area contributed by atoms with Crippen molar-refractivity contribution in [2.24, 2.45) is 0 Å². The van der Waals surface area contributed by atoms with Crippen LogP contribution in [-0.2, 0) is 0 Å². The van der Waals surface area contributed by atoms with Crippen LogP contribution >= 0.6 is 46.6 Å². The van der Waals surface area contributed by atoms with Gasteiger partial charge in [0.1, 0.15) is 5.75 Å². The van der Waals surface area contributed by atoms with Crippen molar-refractivity contribution in [3.63, 3.8) is 0 Å². The van der Waals surface area contributed by atoms with E-state index in [1.807, 2.05) is 13.0 Å². The second-order valence-corrected chi connectivity index (χ2v) is 6.21. The van der Waals surface area contributed by atoms with Gasteiger partial charge in [0, 0.05) is 0 Å². The van der Waals surface area contributed by atoms with Crippen molar-refractivity contribution in [1.29, 1.82) is 0 Å². The average Bonchev–Trinajstić information content (AvgIpc) is 2.52. The van der Waals surface area contributed by atoms with Crippen LogP contribution in [0.1, 0.15) is 6.92 Å². The first-order valence-electron chi connectivity index (χ1n) is 4.26. The second kappa shape index (κ2) is 4.28. The van der Waals surface area contributed by atoms with Crippen molar-refractivity contribution >= 4 is 56.6 Å². The first-order valence-corrected chi connectivity index (χ1v) is 6.60. The van der Waals surface area contributed by atoms with E-state index in [1.165, 1.54) is 13.0 Å². The largest absolute Gasteiger partial charge is 0.493 e. The lowest BCUT2D eigenvalue weighted by Crippen LogP contribution is -1.91. The maximum absolute atomic E-state index is 5.48. The van der Waals surface area contributed by atoms with Crippen LogP contribution < -0.4 is 4.74 Å². The van der Waals surface area contributed by atoms with E-state index in [-0.39, 0.29) is 0 Å². The molecular formula is C10H9IOS2. The second-order valence-electron chi connectivity index (χ2n) is 2.81. The van der Waals surface area contributed by atoms with Gasteiger partial charge in [0.25, 0.3) is 0 Å². The lowest BCUT2D eigenvalue weighted by atomic mass is 10.2. The Morgan fingerprint density at radius 1 is 1.50 bits per heavy atom. The van der Waals surface area contributed by atoms with Crippen LogP contribution in [0.5, 0.6) is 5.75 Å². The van der Waals surface area contributed by atoms with Crippen molar-refractivity contribution in [2.75, 3.05) is 6.61 Å². The van der Waals surface area contributed by atoms with Gasteiger partial charge in [-0.2, -0.15) is 0 Å². The molecule has 1 aromatic carbocycles. The number of halogens is 1. The van der Waals surface area contributed by atoms with E-state index >= 15 is 0 Å². The monoisotopic (exact) mass is 336 g/mol. The van der Waals surface area contributed by atoms with E-state index in [1.54, 1.807) is 11.3 Å². The summed E-state index contributed by atoms with van der Waals surface area (Å²) >= 11 is 8.57. The molecule has 2 rings (SSSR count). The highest BCUT2D eigenvalue weighted by Crippen LogP contribution is 2.37. The fourth-order valence-corrected chi connectivity index (χ4v) is 3.54. The zero-order valence-electron chi connectivity index (χ0n) is 7.58. The minimum atomic E-state index is 0.682. The predicted molar refractivity (Wildman–Crippen MR) is 73.0 cm³/mol. The highest BCUT2D eigenvalue weighted by molar-refractivity contribution is 14.1. The molecule has 74 valence electrons. The van der Waals surface area contributed by atoms with Gasteiger partial charge < -0.3 is 4.74 Å². The zero-order valence-corrected chi connectivity index (χ0v) is 11.4. The van der Waals surface area contributed by atoms with Crippen LogP contribution in [0.4, 0.5) is 0 Å². The number of thiol groups is 1. The summed E-state index contributed by atoms with van der Waals surface area (Å²) in [5.74, 6) is 0.876. The third-order valence-electron chi connectivity index (χ3n) is 1.89. The van der Waals surface area contributed by atoms with E-state index in [9.17, 15) is 0 Å². The molecule has 0 N–H and O–H groups in total. The van der Waals surface area contributed by atoms with Crippen LogP contribution in [0, 0.1) is 2.88 Å². The SMILES string of the molecule is CCOc1ccc2cc(I)sc2c1S. The Balaban J connectivity index is 2.61. The summed E-state index contributed by atoms with van der Waals surface area (Å²) in [6.07, 6.45) is 0. The highest BCUT2D eigenvalue weighted by Gasteiger charge is 2.07. The smallest absolute Gasteiger partial charge is 0.134 e. The molecule has 14 heavy (non-hydrogen) atoms. The molecule has 1 aromatic heterocycles. The Kier molecular flexibility index (Phi) is 3.23. The Bertz CT molecular complexity index is 464. The van der Waals surface area contributed by atoms with Crippen molar-refractivity contribution in [1.82, 2.24) is 0 Å². The Labute approximate surface area is 106 Å². The van der Waals surface area contributed by atoms with Gasteiger partial charge >= 0.3 is 0 Å². The molecule has 0 radical (unpaired) electrons. The molecule has 0 bridgehead atoms. The molecule has 0 aliphatic rings. The summed E-state index contributed by atoms with van der Waals surface area (Å²) < 4.78 is 7.97. The van der Waals surface area contributed by atoms with E-state index < -0.39 is 0 Å². The highest BCUT2D eigenvalue weighted by atomic mass is 127. The minimum Gasteiger partial charge on any atom is -0.493 e. The summed E-state index contributed by atoms with van der Waals surface area (Å²) in [6, 6.07) is 6.23. The zero-order chi connectivity index (χ0) is 10.1. The van der Waals surface area contributed by atoms with E-state index in [0.29, 0.717) is 6.61 Å². The van der Waals surface area contributed by atoms with Gasteiger partial charge in [-0.3, -0.25) is 0 Å². The van der Waals surface area contributed by atoms with Gasteiger partial charge in [-0.1, -0.05) is 0 Å². The van der Waals surface area contributed by atoms with Crippen molar-refractivity contribution < 1.29 is 4.74 Å². The summed E-state index contributed by atoms with van der Waals surface area (Å²) in [7, 11) is 0. The lowest BCUT2D eigenvalue weighted by molar-refractivity contribution is 0.333. The standard InChI is InChI=1S/C10H9IOS2/c1-2-12-7-4-3-6-5-8(11)14-10(6)9(7)13/h3-5,13H,2H2,1H3. The summed E-state index contributed by atoms with van der Waals surface area (Å²) in [5.41, 5.74) is 0. The summed E-state index contributed by atoms with van der Waals surface area (Å²) in [5, 5.41) is 1.24. The molecular weight excluding hydrogens is 327 g/mol. The fourth-order valence-electron chi connectivity index (χ4n) is 1.31. The van der Waals surface area contributed by atoms with Crippen molar-refractivity contribution in [3.8, 4) is 5.75 Å². The normalized spacial score (nSPS) is 10.8. The summed E-state index contributed by atoms with van der Waals surface area (Å²) in [4.78, 5) is 0.956. The molecule has 0 unspecified atom stereocenters. The number of rotatable bonds is 2. The molecule has 0 saturated carbocycles. The first kappa shape index (κ1) is 10.6. The van der Waals surface area contributed by atoms with E-state index in [4.69, 9.17) is 4.74 Å². The maximum atomic E-state index is 5.48. The number of hydrogen-bond acceptors (Lipinski definition) is 3. The van der Waals surface area contributed by atoms with Gasteiger partial charge in [-0.05, 0) is 53.1 Å². The number of ether oxygens (including phenoxy) is 1. The number of benzene rings is 1. The molecule has 1 nitrogen and oxygen atoms in total. The molecule has 0 fully saturated rings. The molecule has 0 aliphatic heterocycles. The van der Waals surface area contributed by atoms with Gasteiger partial charge in [0.05, 0.1) is 19.1 Å². The third kappa shape index (κ3) is 1.87. The van der Waals surface area contributed by atoms with Gasteiger partial charge in [0.2, 0.25) is 0 Å². The molecule has 4 heteroatoms. The topological polar surface area (TPSA) is 9.23 Å². The molecule has 0 spiro atoms. The predicted octanol–water partition coefficient (Wildman–Crippen LogP) is 4.19. The first-order chi connectivity index (χ1) is 6.72. The average molecular weight is 336 g/mol. The molecule has 2 aromatic rings. The Morgan fingerprint density at radius 2 is 2.29 bits per heavy atom. The minimum absolute atomic E-state index is 0.682. The van der Waals surface area contributed by atoms with E-state index in [0.717, 1.165) is 10.6 Å². The van der Waals surface area contributed by atoms with Gasteiger partial charge in [0.15, 0.2) is 0 Å². The fraction of sp³-hybridized carbons (Fsp3) is 0.200. The van der Waals surface area contributed by atoms with Crippen molar-refractivity contribution in [2.45, 2.75) is 11.8 Å². The van der Waals surface area contributed by atoms with Crippen LogP contribution in [0.3, 0.4) is 0 Å². The molecule has 0 amide bonds. The Hall–Kier alpha value is 0.0600. The molecule has 1 heterocycles. The number of fused-ring (bicyclic) bond motifs is 1. The lowest BCUT2D eigenvalue weighted by Gasteiger charge is -2.05. The van der Waals surface area contributed by atoms with Crippen molar-refractivity contribution in [3.05, 3.63) is 21.1 Å².